The highest BCUT2D eigenvalue weighted by Gasteiger charge is 2.34. The quantitative estimate of drug-likeness (QED) is 0.423. The number of thioether (sulfide) groups is 1. The van der Waals surface area contributed by atoms with Crippen LogP contribution in [-0.2, 0) is 17.5 Å². The number of carbonyl (C=O) groups is 1. The van der Waals surface area contributed by atoms with Gasteiger partial charge in [0.05, 0.1) is 48.5 Å². The van der Waals surface area contributed by atoms with E-state index in [-0.39, 0.29) is 24.4 Å². The van der Waals surface area contributed by atoms with E-state index in [9.17, 15) is 23.1 Å². The normalized spacial score (nSPS) is 16.1. The number of aliphatic imine (C=N–C) groups is 1. The maximum Gasteiger partial charge on any atom is 0.416 e. The van der Waals surface area contributed by atoms with E-state index in [1.54, 1.807) is 30.5 Å². The van der Waals surface area contributed by atoms with Gasteiger partial charge in [-0.3, -0.25) is 9.48 Å². The Morgan fingerprint density at radius 2 is 2.06 bits per heavy atom. The molecule has 1 amide bonds. The van der Waals surface area contributed by atoms with Crippen LogP contribution in [0, 0.1) is 0 Å². The van der Waals surface area contributed by atoms with E-state index in [1.165, 1.54) is 23.9 Å². The van der Waals surface area contributed by atoms with Crippen LogP contribution in [0.1, 0.15) is 16.7 Å². The number of aromatic nitrogens is 2. The minimum absolute atomic E-state index is 0.0539. The Hall–Kier alpha value is -3.35. The van der Waals surface area contributed by atoms with E-state index < -0.39 is 30.4 Å². The molecule has 4 rings (SSSR count). The molecule has 3 N–H and O–H groups in total. The van der Waals surface area contributed by atoms with E-state index in [1.807, 2.05) is 0 Å². The zero-order valence-corrected chi connectivity index (χ0v) is 19.2. The molecule has 0 aliphatic carbocycles. The van der Waals surface area contributed by atoms with Gasteiger partial charge in [-0.15, -0.1) is 0 Å². The summed E-state index contributed by atoms with van der Waals surface area (Å²) in [7, 11) is 1.31. The molecule has 8 nitrogen and oxygen atoms in total. The van der Waals surface area contributed by atoms with Gasteiger partial charge < -0.3 is 20.3 Å². The number of benzene rings is 2. The molecule has 0 unspecified atom stereocenters. The molecule has 0 radical (unpaired) electrons. The summed E-state index contributed by atoms with van der Waals surface area (Å²) >= 11 is 1.11. The number of fused-ring (bicyclic) bond motifs is 1. The molecule has 0 bridgehead atoms. The highest BCUT2D eigenvalue weighted by Crippen LogP contribution is 2.35. The lowest BCUT2D eigenvalue weighted by atomic mass is 10.1. The SMILES string of the molecule is COc1ccc(Cn2ncc3cc(/C=C4\SC(NC[C@H](O)CO)=NC4=O)ccc32)c(C(F)(F)F)c1. The number of halogens is 3. The predicted molar refractivity (Wildman–Crippen MR) is 126 cm³/mol. The van der Waals surface area contributed by atoms with Crippen molar-refractivity contribution in [1.82, 2.24) is 15.1 Å². The monoisotopic (exact) mass is 506 g/mol. The molecule has 1 atom stereocenters. The number of hydrogen-bond acceptors (Lipinski definition) is 7. The molecular weight excluding hydrogens is 485 g/mol. The average molecular weight is 507 g/mol. The lowest BCUT2D eigenvalue weighted by molar-refractivity contribution is -0.138. The van der Waals surface area contributed by atoms with Crippen LogP contribution in [0.4, 0.5) is 13.2 Å². The fourth-order valence-corrected chi connectivity index (χ4v) is 4.29. The molecule has 1 aliphatic rings. The van der Waals surface area contributed by atoms with Gasteiger partial charge in [-0.25, -0.2) is 0 Å². The number of nitrogens with zero attached hydrogens (tertiary/aromatic N) is 3. The molecule has 1 aromatic heterocycles. The number of hydrogen-bond donors (Lipinski definition) is 3. The molecule has 0 fully saturated rings. The molecule has 0 saturated carbocycles. The fourth-order valence-electron chi connectivity index (χ4n) is 3.47. The van der Waals surface area contributed by atoms with Crippen molar-refractivity contribution in [2.45, 2.75) is 18.8 Å². The molecular formula is C23H21F3N4O4S. The van der Waals surface area contributed by atoms with Gasteiger partial charge in [0.15, 0.2) is 5.17 Å². The van der Waals surface area contributed by atoms with Crippen LogP contribution in [0.2, 0.25) is 0 Å². The molecule has 3 aromatic rings. The van der Waals surface area contributed by atoms with Gasteiger partial charge in [-0.05, 0) is 53.2 Å². The summed E-state index contributed by atoms with van der Waals surface area (Å²) in [5.41, 5.74) is 0.610. The van der Waals surface area contributed by atoms with Gasteiger partial charge in [0, 0.05) is 11.9 Å². The standard InChI is InChI=1S/C23H21F3N4O4S/c1-34-17-4-3-14(18(8-17)23(24,25)26)11-30-19-5-2-13(6-15(19)9-28-30)7-20-21(33)29-22(35-20)27-10-16(32)12-31/h2-9,16,31-32H,10-12H2,1H3,(H,27,29,33)/b20-7-/t16-/m0/s1. The molecule has 0 saturated heterocycles. The van der Waals surface area contributed by atoms with E-state index >= 15 is 0 Å². The molecule has 2 heterocycles. The molecule has 184 valence electrons. The Kier molecular flexibility index (Phi) is 7.15. The first-order valence-corrected chi connectivity index (χ1v) is 11.2. The topological polar surface area (TPSA) is 109 Å². The molecule has 2 aromatic carbocycles. The van der Waals surface area contributed by atoms with Gasteiger partial charge >= 0.3 is 6.18 Å². The van der Waals surface area contributed by atoms with Crippen molar-refractivity contribution in [1.29, 1.82) is 0 Å². The number of amidine groups is 1. The molecule has 0 spiro atoms. The van der Waals surface area contributed by atoms with Crippen molar-refractivity contribution in [3.8, 4) is 5.75 Å². The van der Waals surface area contributed by atoms with Gasteiger partial charge in [0.2, 0.25) is 0 Å². The Morgan fingerprint density at radius 3 is 2.77 bits per heavy atom. The van der Waals surface area contributed by atoms with Crippen molar-refractivity contribution in [3.05, 3.63) is 64.2 Å². The summed E-state index contributed by atoms with van der Waals surface area (Å²) in [6.45, 7) is -0.441. The first kappa shape index (κ1) is 24.8. The number of aliphatic hydroxyl groups excluding tert-OH is 2. The van der Waals surface area contributed by atoms with Crippen LogP contribution in [0.3, 0.4) is 0 Å². The highest BCUT2D eigenvalue weighted by molar-refractivity contribution is 8.18. The zero-order valence-electron chi connectivity index (χ0n) is 18.4. The van der Waals surface area contributed by atoms with Crippen molar-refractivity contribution < 1.29 is 32.9 Å². The fraction of sp³-hybridized carbons (Fsp3) is 0.261. The summed E-state index contributed by atoms with van der Waals surface area (Å²) in [5, 5.41) is 26.4. The number of methoxy groups -OCH3 is 1. The lowest BCUT2D eigenvalue weighted by Gasteiger charge is -2.14. The number of alkyl halides is 3. The first-order valence-electron chi connectivity index (χ1n) is 10.4. The third-order valence-corrected chi connectivity index (χ3v) is 6.17. The van der Waals surface area contributed by atoms with Crippen LogP contribution < -0.4 is 10.1 Å². The Labute approximate surface area is 202 Å². The van der Waals surface area contributed by atoms with Crippen LogP contribution in [0.15, 0.2) is 52.5 Å². The van der Waals surface area contributed by atoms with E-state index in [2.05, 4.69) is 15.4 Å². The Balaban J connectivity index is 1.54. The van der Waals surface area contributed by atoms with Crippen LogP contribution in [0.25, 0.3) is 17.0 Å². The summed E-state index contributed by atoms with van der Waals surface area (Å²) in [6.07, 6.45) is -2.30. The van der Waals surface area contributed by atoms with Crippen molar-refractivity contribution in [3.63, 3.8) is 0 Å². The molecule has 35 heavy (non-hydrogen) atoms. The van der Waals surface area contributed by atoms with Crippen LogP contribution in [-0.4, -0.2) is 57.4 Å². The number of ether oxygens (including phenoxy) is 1. The van der Waals surface area contributed by atoms with Gasteiger partial charge in [-0.2, -0.15) is 23.3 Å². The average Bonchev–Trinajstić information content (AvgIpc) is 3.39. The van der Waals surface area contributed by atoms with E-state index in [4.69, 9.17) is 9.84 Å². The van der Waals surface area contributed by atoms with Crippen molar-refractivity contribution in [2.75, 3.05) is 20.3 Å². The van der Waals surface area contributed by atoms with Gasteiger partial charge in [0.25, 0.3) is 5.91 Å². The summed E-state index contributed by atoms with van der Waals surface area (Å²) < 4.78 is 47.1. The first-order chi connectivity index (χ1) is 16.7. The van der Waals surface area contributed by atoms with Gasteiger partial charge in [-0.1, -0.05) is 12.1 Å². The largest absolute Gasteiger partial charge is 0.497 e. The Bertz CT molecular complexity index is 1320. The zero-order chi connectivity index (χ0) is 25.2. The number of nitrogens with one attached hydrogen (secondary N) is 1. The molecule has 1 aliphatic heterocycles. The predicted octanol–water partition coefficient (Wildman–Crippen LogP) is 3.03. The summed E-state index contributed by atoms with van der Waals surface area (Å²) in [4.78, 5) is 16.4. The summed E-state index contributed by atoms with van der Waals surface area (Å²) in [5.74, 6) is -0.318. The number of carbonyl (C=O) groups excluding carboxylic acids is 1. The van der Waals surface area contributed by atoms with Crippen LogP contribution in [0.5, 0.6) is 5.75 Å². The second kappa shape index (κ2) is 10.1. The van der Waals surface area contributed by atoms with Crippen LogP contribution >= 0.6 is 11.8 Å². The second-order valence-electron chi connectivity index (χ2n) is 7.69. The highest BCUT2D eigenvalue weighted by atomic mass is 32.2. The van der Waals surface area contributed by atoms with Crippen molar-refractivity contribution in [2.24, 2.45) is 4.99 Å². The number of amides is 1. The smallest absolute Gasteiger partial charge is 0.416 e. The second-order valence-corrected chi connectivity index (χ2v) is 8.72. The maximum atomic E-state index is 13.6. The minimum Gasteiger partial charge on any atom is -0.497 e. The van der Waals surface area contributed by atoms with Gasteiger partial charge in [0.1, 0.15) is 5.75 Å². The maximum absolute atomic E-state index is 13.6. The minimum atomic E-state index is -4.54. The van der Waals surface area contributed by atoms with E-state index in [0.717, 1.165) is 17.8 Å². The van der Waals surface area contributed by atoms with Crippen molar-refractivity contribution >= 4 is 39.8 Å². The summed E-state index contributed by atoms with van der Waals surface area (Å²) in [6, 6.07) is 9.07. The Morgan fingerprint density at radius 1 is 1.26 bits per heavy atom. The number of rotatable bonds is 7. The molecule has 12 heteroatoms. The third-order valence-electron chi connectivity index (χ3n) is 5.23. The van der Waals surface area contributed by atoms with E-state index in [0.29, 0.717) is 26.5 Å². The number of aliphatic hydroxyl groups is 2. The lowest BCUT2D eigenvalue weighted by Crippen LogP contribution is -2.31. The third kappa shape index (κ3) is 5.66.